The molecule has 0 saturated heterocycles. The molecule has 3 aromatic rings. The minimum atomic E-state index is -3.22. The molecule has 3 N–H and O–H groups in total. The maximum atomic E-state index is 12.6. The zero-order valence-electron chi connectivity index (χ0n) is 19.4. The highest BCUT2D eigenvalue weighted by Gasteiger charge is 2.29. The standard InChI is InChI=1S/C23H27N7O5S/c31-22(26-13-20(23(32)33)30(36(34)35)14-16-5-9-24-10-6-16)18-12-27-29(15-18)11-7-19-4-3-17-2-1-8-25-21(17)28-19/h3-6,9-10,12,15,20,36H,1-2,7-8,11,13-14H2,(H,25,28)(H,26,31)(H,32,33)/t20-/m0/s1. The Labute approximate surface area is 209 Å². The number of hydrogen-bond donors (Lipinski definition) is 4. The van der Waals surface area contributed by atoms with Crippen LogP contribution in [0.2, 0.25) is 0 Å². The molecule has 0 saturated carbocycles. The third-order valence-corrected chi connectivity index (χ3v) is 6.69. The highest BCUT2D eigenvalue weighted by molar-refractivity contribution is 7.69. The van der Waals surface area contributed by atoms with Crippen LogP contribution in [0.3, 0.4) is 0 Å². The van der Waals surface area contributed by atoms with Crippen molar-refractivity contribution in [3.05, 3.63) is 71.4 Å². The third kappa shape index (κ3) is 6.43. The molecular weight excluding hydrogens is 486 g/mol. The zero-order chi connectivity index (χ0) is 25.5. The predicted molar refractivity (Wildman–Crippen MR) is 131 cm³/mol. The van der Waals surface area contributed by atoms with Crippen molar-refractivity contribution in [1.29, 1.82) is 0 Å². The number of fused-ring (bicyclic) bond motifs is 1. The Kier molecular flexibility index (Phi) is 8.23. The minimum Gasteiger partial charge on any atom is -0.480 e. The molecule has 4 heterocycles. The predicted octanol–water partition coefficient (Wildman–Crippen LogP) is 0.486. The van der Waals surface area contributed by atoms with E-state index in [9.17, 15) is 23.1 Å². The van der Waals surface area contributed by atoms with Crippen molar-refractivity contribution in [2.45, 2.75) is 38.4 Å². The van der Waals surface area contributed by atoms with E-state index in [0.717, 1.165) is 35.2 Å². The zero-order valence-corrected chi connectivity index (χ0v) is 20.3. The van der Waals surface area contributed by atoms with Crippen LogP contribution in [0.25, 0.3) is 0 Å². The fourth-order valence-electron chi connectivity index (χ4n) is 3.91. The number of amides is 1. The Morgan fingerprint density at radius 2 is 2.03 bits per heavy atom. The lowest BCUT2D eigenvalue weighted by Crippen LogP contribution is -2.47. The van der Waals surface area contributed by atoms with Crippen molar-refractivity contribution in [3.63, 3.8) is 0 Å². The number of carbonyl (C=O) groups is 2. The van der Waals surface area contributed by atoms with Gasteiger partial charge in [0.1, 0.15) is 11.9 Å². The number of carboxylic acids is 1. The maximum absolute atomic E-state index is 12.6. The van der Waals surface area contributed by atoms with Gasteiger partial charge in [0, 0.05) is 56.9 Å². The van der Waals surface area contributed by atoms with E-state index in [4.69, 9.17) is 0 Å². The number of aliphatic carboxylic acids is 1. The van der Waals surface area contributed by atoms with Gasteiger partial charge in [-0.25, -0.2) is 13.4 Å². The van der Waals surface area contributed by atoms with Crippen LogP contribution < -0.4 is 10.6 Å². The molecule has 0 spiro atoms. The molecule has 1 atom stereocenters. The van der Waals surface area contributed by atoms with Gasteiger partial charge in [-0.1, -0.05) is 6.07 Å². The van der Waals surface area contributed by atoms with E-state index in [-0.39, 0.29) is 12.1 Å². The SMILES string of the molecule is O=C(NC[C@@H](C(=O)O)N(Cc1ccncc1)[SH](=O)=O)c1cnn(CCc2ccc3c(n2)NCCC3)c1. The molecule has 13 heteroatoms. The molecule has 36 heavy (non-hydrogen) atoms. The van der Waals surface area contributed by atoms with Crippen molar-refractivity contribution in [3.8, 4) is 0 Å². The van der Waals surface area contributed by atoms with Crippen LogP contribution in [-0.2, 0) is 41.6 Å². The van der Waals surface area contributed by atoms with Crippen LogP contribution in [0.15, 0.2) is 49.1 Å². The van der Waals surface area contributed by atoms with Gasteiger partial charge in [0.05, 0.1) is 11.8 Å². The Balaban J connectivity index is 1.34. The number of aromatic nitrogens is 4. The summed E-state index contributed by atoms with van der Waals surface area (Å²) in [7, 11) is -3.22. The number of nitrogens with one attached hydrogen (secondary N) is 2. The number of rotatable bonds is 11. The van der Waals surface area contributed by atoms with E-state index in [1.165, 1.54) is 24.2 Å². The molecule has 0 bridgehead atoms. The molecule has 3 aromatic heterocycles. The fourth-order valence-corrected chi connectivity index (χ4v) is 4.60. The Morgan fingerprint density at radius 3 is 2.78 bits per heavy atom. The molecule has 0 unspecified atom stereocenters. The molecule has 0 fully saturated rings. The summed E-state index contributed by atoms with van der Waals surface area (Å²) >= 11 is 0. The Morgan fingerprint density at radius 1 is 1.22 bits per heavy atom. The summed E-state index contributed by atoms with van der Waals surface area (Å²) < 4.78 is 26.0. The molecule has 0 radical (unpaired) electrons. The number of carbonyl (C=O) groups excluding carboxylic acids is 1. The lowest BCUT2D eigenvalue weighted by atomic mass is 10.1. The van der Waals surface area contributed by atoms with E-state index in [0.29, 0.717) is 18.5 Å². The van der Waals surface area contributed by atoms with Crippen LogP contribution >= 0.6 is 0 Å². The summed E-state index contributed by atoms with van der Waals surface area (Å²) in [5.74, 6) is -0.995. The number of aryl methyl sites for hydroxylation is 3. The maximum Gasteiger partial charge on any atom is 0.323 e. The quantitative estimate of drug-likeness (QED) is 0.268. The molecular formula is C23H27N7O5S. The number of anilines is 1. The number of hydrogen-bond acceptors (Lipinski definition) is 8. The first-order valence-electron chi connectivity index (χ1n) is 11.5. The summed E-state index contributed by atoms with van der Waals surface area (Å²) in [5.41, 5.74) is 2.94. The second-order valence-corrected chi connectivity index (χ2v) is 9.33. The van der Waals surface area contributed by atoms with Gasteiger partial charge in [0.2, 0.25) is 10.9 Å². The van der Waals surface area contributed by atoms with Gasteiger partial charge in [-0.15, -0.1) is 0 Å². The van der Waals surface area contributed by atoms with Gasteiger partial charge in [0.15, 0.2) is 0 Å². The van der Waals surface area contributed by atoms with E-state index in [2.05, 4.69) is 31.8 Å². The molecule has 1 amide bonds. The fraction of sp³-hybridized carbons (Fsp3) is 0.348. The van der Waals surface area contributed by atoms with Crippen LogP contribution in [0.5, 0.6) is 0 Å². The van der Waals surface area contributed by atoms with Gasteiger partial charge in [-0.05, 0) is 42.2 Å². The van der Waals surface area contributed by atoms with Gasteiger partial charge < -0.3 is 15.7 Å². The number of thiol groups is 1. The lowest BCUT2D eigenvalue weighted by Gasteiger charge is -2.23. The number of pyridine rings is 2. The minimum absolute atomic E-state index is 0.155. The summed E-state index contributed by atoms with van der Waals surface area (Å²) in [4.78, 5) is 32.9. The molecule has 0 aromatic carbocycles. The molecule has 12 nitrogen and oxygen atoms in total. The summed E-state index contributed by atoms with van der Waals surface area (Å²) in [6.45, 7) is 0.863. The number of nitrogens with zero attached hydrogens (tertiary/aromatic N) is 5. The number of carboxylic acid groups (broad SMARTS) is 1. The highest BCUT2D eigenvalue weighted by atomic mass is 32.2. The second-order valence-electron chi connectivity index (χ2n) is 8.34. The van der Waals surface area contributed by atoms with Crippen molar-refractivity contribution in [2.75, 3.05) is 18.4 Å². The first-order chi connectivity index (χ1) is 17.4. The van der Waals surface area contributed by atoms with Crippen LogP contribution in [0.4, 0.5) is 5.82 Å². The largest absolute Gasteiger partial charge is 0.480 e. The van der Waals surface area contributed by atoms with Gasteiger partial charge in [-0.2, -0.15) is 9.40 Å². The van der Waals surface area contributed by atoms with Crippen LogP contribution in [0, 0.1) is 0 Å². The average Bonchev–Trinajstić information content (AvgIpc) is 3.36. The first kappa shape index (κ1) is 25.3. The van der Waals surface area contributed by atoms with E-state index in [1.54, 1.807) is 23.0 Å². The van der Waals surface area contributed by atoms with Crippen molar-refractivity contribution in [1.82, 2.24) is 29.4 Å². The molecule has 1 aliphatic heterocycles. The second kappa shape index (κ2) is 11.7. The van der Waals surface area contributed by atoms with Gasteiger partial charge >= 0.3 is 5.97 Å². The molecule has 0 aliphatic carbocycles. The van der Waals surface area contributed by atoms with Crippen LogP contribution in [0.1, 0.15) is 33.6 Å². The van der Waals surface area contributed by atoms with Gasteiger partial charge in [-0.3, -0.25) is 19.3 Å². The summed E-state index contributed by atoms with van der Waals surface area (Å²) in [6.07, 6.45) is 8.65. The monoisotopic (exact) mass is 513 g/mol. The smallest absolute Gasteiger partial charge is 0.323 e. The molecule has 190 valence electrons. The Hall–Kier alpha value is -3.84. The summed E-state index contributed by atoms with van der Waals surface area (Å²) in [5, 5.41) is 19.6. The van der Waals surface area contributed by atoms with Gasteiger partial charge in [0.25, 0.3) is 5.91 Å². The topological polar surface area (TPSA) is 159 Å². The van der Waals surface area contributed by atoms with E-state index >= 15 is 0 Å². The van der Waals surface area contributed by atoms with E-state index < -0.39 is 35.4 Å². The molecule has 1 aliphatic rings. The van der Waals surface area contributed by atoms with E-state index in [1.807, 2.05) is 6.07 Å². The van der Waals surface area contributed by atoms with Crippen molar-refractivity contribution in [2.24, 2.45) is 0 Å². The third-order valence-electron chi connectivity index (χ3n) is 5.85. The normalized spacial score (nSPS) is 13.7. The van der Waals surface area contributed by atoms with Crippen molar-refractivity contribution < 1.29 is 23.1 Å². The Bertz CT molecular complexity index is 1290. The van der Waals surface area contributed by atoms with Crippen LogP contribution in [-0.4, -0.2) is 68.6 Å². The van der Waals surface area contributed by atoms with Crippen molar-refractivity contribution >= 4 is 28.6 Å². The highest BCUT2D eigenvalue weighted by Crippen LogP contribution is 2.20. The molecule has 4 rings (SSSR count). The average molecular weight is 514 g/mol. The summed E-state index contributed by atoms with van der Waals surface area (Å²) in [6, 6.07) is 5.79. The lowest BCUT2D eigenvalue weighted by molar-refractivity contribution is -0.141. The first-order valence-corrected chi connectivity index (χ1v) is 12.6.